The van der Waals surface area contributed by atoms with Crippen LogP contribution < -0.4 is 0 Å². The van der Waals surface area contributed by atoms with Gasteiger partial charge >= 0.3 is 0 Å². The molecule has 1 aromatic rings. The van der Waals surface area contributed by atoms with Gasteiger partial charge in [0.05, 0.1) is 5.03 Å². The average Bonchev–Trinajstić information content (AvgIpc) is 2.31. The van der Waals surface area contributed by atoms with E-state index in [9.17, 15) is 0 Å². The van der Waals surface area contributed by atoms with Crippen molar-refractivity contribution < 1.29 is 0 Å². The van der Waals surface area contributed by atoms with Crippen molar-refractivity contribution >= 4 is 43.9 Å². The summed E-state index contributed by atoms with van der Waals surface area (Å²) in [6.07, 6.45) is 2.08. The van der Waals surface area contributed by atoms with Crippen LogP contribution in [0.1, 0.15) is 25.6 Å². The van der Waals surface area contributed by atoms with Crippen molar-refractivity contribution in [3.63, 3.8) is 0 Å². The Balaban J connectivity index is 2.91. The summed E-state index contributed by atoms with van der Waals surface area (Å²) >= 11 is 11.2. The van der Waals surface area contributed by atoms with E-state index in [1.807, 2.05) is 11.4 Å². The highest BCUT2D eigenvalue weighted by atomic mass is 79.9. The monoisotopic (exact) mass is 278 g/mol. The van der Waals surface area contributed by atoms with Gasteiger partial charge in [-0.05, 0) is 27.4 Å². The quantitative estimate of drug-likeness (QED) is 0.668. The highest BCUT2D eigenvalue weighted by Gasteiger charge is 2.09. The van der Waals surface area contributed by atoms with Gasteiger partial charge in [-0.1, -0.05) is 38.4 Å². The van der Waals surface area contributed by atoms with Gasteiger partial charge in [-0.2, -0.15) is 0 Å². The number of halogens is 2. The maximum atomic E-state index is 6.15. The molecule has 0 unspecified atom stereocenters. The maximum Gasteiger partial charge on any atom is 0.0544 e. The van der Waals surface area contributed by atoms with E-state index in [-0.39, 0.29) is 5.41 Å². The molecule has 0 aromatic carbocycles. The third-order valence-corrected chi connectivity index (χ3v) is 3.51. The molecule has 3 heteroatoms. The molecule has 1 rings (SSSR count). The lowest BCUT2D eigenvalue weighted by atomic mass is 9.96. The van der Waals surface area contributed by atoms with Gasteiger partial charge in [-0.15, -0.1) is 11.3 Å². The fourth-order valence-corrected chi connectivity index (χ4v) is 2.74. The van der Waals surface area contributed by atoms with Crippen LogP contribution in [0.2, 0.25) is 0 Å². The zero-order chi connectivity index (χ0) is 10.1. The van der Waals surface area contributed by atoms with Gasteiger partial charge in [0.2, 0.25) is 0 Å². The highest BCUT2D eigenvalue weighted by molar-refractivity contribution is 9.10. The zero-order valence-corrected chi connectivity index (χ0v) is 11.1. The predicted octanol–water partition coefficient (Wildman–Crippen LogP) is 5.14. The van der Waals surface area contributed by atoms with Crippen molar-refractivity contribution in [1.29, 1.82) is 0 Å². The summed E-state index contributed by atoms with van der Waals surface area (Å²) in [7, 11) is 0. The number of allylic oxidation sites excluding steroid dienone is 1. The molecule has 0 aliphatic rings. The lowest BCUT2D eigenvalue weighted by molar-refractivity contribution is 0.546. The molecule has 0 saturated carbocycles. The van der Waals surface area contributed by atoms with Crippen LogP contribution in [0.3, 0.4) is 0 Å². The standard InChI is InChI=1S/C10H12BrClS/c1-10(2,3)5-8(12)9-4-7(11)6-13-9/h4-6H,1-3H3. The molecule has 0 aliphatic carbocycles. The Kier molecular flexibility index (Phi) is 3.61. The van der Waals surface area contributed by atoms with E-state index < -0.39 is 0 Å². The van der Waals surface area contributed by atoms with Crippen molar-refractivity contribution in [1.82, 2.24) is 0 Å². The van der Waals surface area contributed by atoms with Crippen molar-refractivity contribution in [2.45, 2.75) is 20.8 Å². The van der Waals surface area contributed by atoms with Crippen molar-refractivity contribution in [2.24, 2.45) is 5.41 Å². The van der Waals surface area contributed by atoms with E-state index >= 15 is 0 Å². The fraction of sp³-hybridized carbons (Fsp3) is 0.400. The third kappa shape index (κ3) is 3.84. The summed E-state index contributed by atoms with van der Waals surface area (Å²) in [5, 5.41) is 2.87. The molecule has 0 fully saturated rings. The molecule has 0 amide bonds. The summed E-state index contributed by atoms with van der Waals surface area (Å²) in [5.41, 5.74) is 0.132. The van der Waals surface area contributed by atoms with E-state index in [1.165, 1.54) is 0 Å². The molecule has 0 spiro atoms. The Bertz CT molecular complexity index is 320. The van der Waals surface area contributed by atoms with Crippen molar-refractivity contribution in [3.8, 4) is 0 Å². The maximum absolute atomic E-state index is 6.15. The molecule has 0 bridgehead atoms. The van der Waals surface area contributed by atoms with Crippen LogP contribution in [0.15, 0.2) is 22.0 Å². The summed E-state index contributed by atoms with van der Waals surface area (Å²) < 4.78 is 1.09. The van der Waals surface area contributed by atoms with Gasteiger partial charge in [0.15, 0.2) is 0 Å². The van der Waals surface area contributed by atoms with Crippen LogP contribution in [-0.4, -0.2) is 0 Å². The SMILES string of the molecule is CC(C)(C)C=C(Cl)c1cc(Br)cs1. The summed E-state index contributed by atoms with van der Waals surface area (Å²) in [4.78, 5) is 1.11. The van der Waals surface area contributed by atoms with Crippen LogP contribution in [0.25, 0.3) is 5.03 Å². The predicted molar refractivity (Wildman–Crippen MR) is 65.3 cm³/mol. The molecule has 0 atom stereocenters. The number of rotatable bonds is 1. The van der Waals surface area contributed by atoms with Crippen LogP contribution in [-0.2, 0) is 0 Å². The smallest absolute Gasteiger partial charge is 0.0544 e. The number of thiophene rings is 1. The molecule has 0 N–H and O–H groups in total. The number of hydrogen-bond acceptors (Lipinski definition) is 1. The normalized spacial score (nSPS) is 13.5. The average molecular weight is 280 g/mol. The Morgan fingerprint density at radius 1 is 1.54 bits per heavy atom. The topological polar surface area (TPSA) is 0 Å². The van der Waals surface area contributed by atoms with E-state index in [0.29, 0.717) is 0 Å². The molecule has 0 nitrogen and oxygen atoms in total. The van der Waals surface area contributed by atoms with Gasteiger partial charge in [0.25, 0.3) is 0 Å². The Morgan fingerprint density at radius 3 is 2.54 bits per heavy atom. The summed E-state index contributed by atoms with van der Waals surface area (Å²) in [5.74, 6) is 0. The van der Waals surface area contributed by atoms with E-state index in [1.54, 1.807) is 11.3 Å². The minimum atomic E-state index is 0.132. The number of hydrogen-bond donors (Lipinski definition) is 0. The summed E-state index contributed by atoms with van der Waals surface area (Å²) in [6, 6.07) is 2.04. The second-order valence-corrected chi connectivity index (χ2v) is 6.22. The first-order chi connectivity index (χ1) is 5.88. The van der Waals surface area contributed by atoms with E-state index in [4.69, 9.17) is 11.6 Å². The van der Waals surface area contributed by atoms with Gasteiger partial charge in [-0.3, -0.25) is 0 Å². The lowest BCUT2D eigenvalue weighted by Crippen LogP contribution is -1.99. The molecular formula is C10H12BrClS. The Labute approximate surface area is 96.7 Å². The fourth-order valence-electron chi connectivity index (χ4n) is 0.890. The second-order valence-electron chi connectivity index (χ2n) is 3.99. The molecule has 1 aromatic heterocycles. The van der Waals surface area contributed by atoms with Crippen LogP contribution >= 0.6 is 38.9 Å². The van der Waals surface area contributed by atoms with Gasteiger partial charge in [0, 0.05) is 14.7 Å². The first kappa shape index (κ1) is 11.3. The molecule has 0 aliphatic heterocycles. The minimum Gasteiger partial charge on any atom is -0.142 e. The van der Waals surface area contributed by atoms with Gasteiger partial charge < -0.3 is 0 Å². The van der Waals surface area contributed by atoms with E-state index in [0.717, 1.165) is 14.4 Å². The largest absolute Gasteiger partial charge is 0.142 e. The third-order valence-electron chi connectivity index (χ3n) is 1.36. The second kappa shape index (κ2) is 4.16. The van der Waals surface area contributed by atoms with Crippen LogP contribution in [0.4, 0.5) is 0 Å². The lowest BCUT2D eigenvalue weighted by Gasteiger charge is -2.12. The Hall–Kier alpha value is 0.210. The molecule has 72 valence electrons. The van der Waals surface area contributed by atoms with E-state index in [2.05, 4.69) is 42.8 Å². The molecule has 13 heavy (non-hydrogen) atoms. The highest BCUT2D eigenvalue weighted by Crippen LogP contribution is 2.32. The van der Waals surface area contributed by atoms with Crippen LogP contribution in [0, 0.1) is 5.41 Å². The first-order valence-electron chi connectivity index (χ1n) is 4.01. The van der Waals surface area contributed by atoms with Crippen molar-refractivity contribution in [3.05, 3.63) is 26.9 Å². The van der Waals surface area contributed by atoms with Crippen molar-refractivity contribution in [2.75, 3.05) is 0 Å². The molecule has 0 radical (unpaired) electrons. The molecule has 1 heterocycles. The summed E-state index contributed by atoms with van der Waals surface area (Å²) in [6.45, 7) is 6.41. The van der Waals surface area contributed by atoms with Crippen LogP contribution in [0.5, 0.6) is 0 Å². The molecule has 0 saturated heterocycles. The molecular weight excluding hydrogens is 268 g/mol. The van der Waals surface area contributed by atoms with Gasteiger partial charge in [0.1, 0.15) is 0 Å². The first-order valence-corrected chi connectivity index (χ1v) is 6.06. The zero-order valence-electron chi connectivity index (χ0n) is 7.90. The van der Waals surface area contributed by atoms with Gasteiger partial charge in [-0.25, -0.2) is 0 Å². The minimum absolute atomic E-state index is 0.132. The Morgan fingerprint density at radius 2 is 2.15 bits per heavy atom.